The summed E-state index contributed by atoms with van der Waals surface area (Å²) in [7, 11) is 0. The van der Waals surface area contributed by atoms with Gasteiger partial charge in [0.1, 0.15) is 5.82 Å². The standard InChI is InChI=1S/C14H10N2O2/c1-8-15-9-6-13-14(7-10(9)16-8)18-12-5-3-2-4-11(12)17-13/h2-7H,1H3,(H,15,16). The number of H-pyrrole nitrogens is 1. The molecule has 1 aliphatic heterocycles. The summed E-state index contributed by atoms with van der Waals surface area (Å²) >= 11 is 0. The van der Waals surface area contributed by atoms with E-state index in [2.05, 4.69) is 9.97 Å². The van der Waals surface area contributed by atoms with Crippen LogP contribution in [0.2, 0.25) is 0 Å². The average molecular weight is 238 g/mol. The molecule has 2 aromatic carbocycles. The van der Waals surface area contributed by atoms with Crippen molar-refractivity contribution in [2.45, 2.75) is 6.92 Å². The van der Waals surface area contributed by atoms with Gasteiger partial charge in [-0.05, 0) is 19.1 Å². The molecule has 0 fully saturated rings. The maximum absolute atomic E-state index is 5.82. The lowest BCUT2D eigenvalue weighted by Gasteiger charge is -2.20. The van der Waals surface area contributed by atoms with Crippen LogP contribution < -0.4 is 9.47 Å². The molecule has 3 aromatic rings. The van der Waals surface area contributed by atoms with Crippen molar-refractivity contribution in [3.63, 3.8) is 0 Å². The molecule has 0 saturated carbocycles. The summed E-state index contributed by atoms with van der Waals surface area (Å²) in [6.45, 7) is 1.93. The van der Waals surface area contributed by atoms with Gasteiger partial charge in [0.25, 0.3) is 0 Å². The van der Waals surface area contributed by atoms with Gasteiger partial charge >= 0.3 is 0 Å². The molecular weight excluding hydrogens is 228 g/mol. The number of rotatable bonds is 0. The van der Waals surface area contributed by atoms with Crippen LogP contribution >= 0.6 is 0 Å². The zero-order valence-corrected chi connectivity index (χ0v) is 9.73. The summed E-state index contributed by atoms with van der Waals surface area (Å²) in [5, 5.41) is 0. The van der Waals surface area contributed by atoms with Crippen LogP contribution in [0.25, 0.3) is 11.0 Å². The van der Waals surface area contributed by atoms with Gasteiger partial charge in [-0.1, -0.05) is 12.1 Å². The number of hydrogen-bond donors (Lipinski definition) is 1. The van der Waals surface area contributed by atoms with Gasteiger partial charge in [0, 0.05) is 12.1 Å². The summed E-state index contributed by atoms with van der Waals surface area (Å²) in [4.78, 5) is 7.57. The van der Waals surface area contributed by atoms with Crippen LogP contribution in [-0.4, -0.2) is 9.97 Å². The summed E-state index contributed by atoms with van der Waals surface area (Å²) in [5.41, 5.74) is 1.84. The first-order chi connectivity index (χ1) is 8.79. The molecule has 1 aliphatic rings. The highest BCUT2D eigenvalue weighted by atomic mass is 16.6. The molecule has 4 rings (SSSR count). The van der Waals surface area contributed by atoms with E-state index in [4.69, 9.17) is 9.47 Å². The molecule has 4 heteroatoms. The molecule has 0 unspecified atom stereocenters. The SMILES string of the molecule is Cc1nc2cc3c(cc2[nH]1)Oc1ccccc1O3. The molecule has 88 valence electrons. The van der Waals surface area contributed by atoms with Crippen LogP contribution in [-0.2, 0) is 0 Å². The number of nitrogens with one attached hydrogen (secondary N) is 1. The van der Waals surface area contributed by atoms with Crippen molar-refractivity contribution in [1.82, 2.24) is 9.97 Å². The Labute approximate surface area is 103 Å². The second-order valence-corrected chi connectivity index (χ2v) is 4.29. The molecule has 0 atom stereocenters. The minimum Gasteiger partial charge on any atom is -0.449 e. The van der Waals surface area contributed by atoms with Crippen LogP contribution in [0.5, 0.6) is 23.0 Å². The van der Waals surface area contributed by atoms with E-state index in [0.29, 0.717) is 11.5 Å². The fourth-order valence-corrected chi connectivity index (χ4v) is 2.16. The Morgan fingerprint density at radius 3 is 2.33 bits per heavy atom. The highest BCUT2D eigenvalue weighted by molar-refractivity contribution is 5.80. The zero-order chi connectivity index (χ0) is 12.1. The largest absolute Gasteiger partial charge is 0.449 e. The number of aryl methyl sites for hydroxylation is 1. The predicted octanol–water partition coefficient (Wildman–Crippen LogP) is 3.77. The number of benzene rings is 2. The quantitative estimate of drug-likeness (QED) is 0.507. The molecule has 0 spiro atoms. The third-order valence-electron chi connectivity index (χ3n) is 2.95. The smallest absolute Gasteiger partial charge is 0.172 e. The molecule has 18 heavy (non-hydrogen) atoms. The van der Waals surface area contributed by atoms with Crippen LogP contribution in [0.15, 0.2) is 36.4 Å². The Kier molecular flexibility index (Phi) is 1.73. The monoisotopic (exact) mass is 238 g/mol. The number of aromatic amines is 1. The van der Waals surface area contributed by atoms with Crippen molar-refractivity contribution >= 4 is 11.0 Å². The lowest BCUT2D eigenvalue weighted by atomic mass is 10.2. The Morgan fingerprint density at radius 1 is 0.944 bits per heavy atom. The molecule has 0 aliphatic carbocycles. The van der Waals surface area contributed by atoms with E-state index in [1.807, 2.05) is 43.3 Å². The van der Waals surface area contributed by atoms with E-state index in [9.17, 15) is 0 Å². The molecule has 0 amide bonds. The Morgan fingerprint density at radius 2 is 1.61 bits per heavy atom. The number of fused-ring (bicyclic) bond motifs is 3. The Hall–Kier alpha value is -2.49. The van der Waals surface area contributed by atoms with Gasteiger partial charge < -0.3 is 14.5 Å². The van der Waals surface area contributed by atoms with Gasteiger partial charge in [-0.15, -0.1) is 0 Å². The van der Waals surface area contributed by atoms with Crippen molar-refractivity contribution in [3.8, 4) is 23.0 Å². The van der Waals surface area contributed by atoms with Gasteiger partial charge in [0.2, 0.25) is 0 Å². The molecule has 0 radical (unpaired) electrons. The van der Waals surface area contributed by atoms with Crippen LogP contribution in [0, 0.1) is 6.92 Å². The summed E-state index contributed by atoms with van der Waals surface area (Å²) in [5.74, 6) is 3.76. The maximum atomic E-state index is 5.82. The molecule has 1 aromatic heterocycles. The predicted molar refractivity (Wildman–Crippen MR) is 67.4 cm³/mol. The van der Waals surface area contributed by atoms with Crippen molar-refractivity contribution < 1.29 is 9.47 Å². The highest BCUT2D eigenvalue weighted by Gasteiger charge is 2.19. The number of nitrogens with zero attached hydrogens (tertiary/aromatic N) is 1. The molecule has 4 nitrogen and oxygen atoms in total. The normalized spacial score (nSPS) is 12.5. The summed E-state index contributed by atoms with van der Waals surface area (Å²) < 4.78 is 11.6. The van der Waals surface area contributed by atoms with Gasteiger partial charge in [-0.3, -0.25) is 0 Å². The van der Waals surface area contributed by atoms with Crippen molar-refractivity contribution in [2.24, 2.45) is 0 Å². The second-order valence-electron chi connectivity index (χ2n) is 4.29. The third-order valence-corrected chi connectivity index (χ3v) is 2.95. The minimum atomic E-state index is 0.702. The maximum Gasteiger partial charge on any atom is 0.172 e. The van der Waals surface area contributed by atoms with E-state index in [1.54, 1.807) is 0 Å². The van der Waals surface area contributed by atoms with Crippen molar-refractivity contribution in [3.05, 3.63) is 42.2 Å². The lowest BCUT2D eigenvalue weighted by molar-refractivity contribution is 0.360. The number of imidazole rings is 1. The highest BCUT2D eigenvalue weighted by Crippen LogP contribution is 2.46. The third kappa shape index (κ3) is 1.29. The molecule has 2 heterocycles. The van der Waals surface area contributed by atoms with Crippen LogP contribution in [0.3, 0.4) is 0 Å². The molecule has 1 N–H and O–H groups in total. The van der Waals surface area contributed by atoms with Gasteiger partial charge in [-0.2, -0.15) is 0 Å². The van der Waals surface area contributed by atoms with Crippen LogP contribution in [0.4, 0.5) is 0 Å². The van der Waals surface area contributed by atoms with E-state index in [-0.39, 0.29) is 0 Å². The minimum absolute atomic E-state index is 0.702. The van der Waals surface area contributed by atoms with Gasteiger partial charge in [0.15, 0.2) is 23.0 Å². The Balaban J connectivity index is 1.92. The summed E-state index contributed by atoms with van der Waals surface area (Å²) in [6.07, 6.45) is 0. The van der Waals surface area contributed by atoms with E-state index in [0.717, 1.165) is 28.4 Å². The molecular formula is C14H10N2O2. The number of ether oxygens (including phenoxy) is 2. The number of para-hydroxylation sites is 2. The van der Waals surface area contributed by atoms with Crippen LogP contribution in [0.1, 0.15) is 5.82 Å². The molecule has 0 bridgehead atoms. The Bertz CT molecular complexity index is 700. The fraction of sp³-hybridized carbons (Fsp3) is 0.0714. The van der Waals surface area contributed by atoms with Crippen molar-refractivity contribution in [1.29, 1.82) is 0 Å². The topological polar surface area (TPSA) is 47.1 Å². The number of aromatic nitrogens is 2. The lowest BCUT2D eigenvalue weighted by Crippen LogP contribution is -1.98. The first-order valence-electron chi connectivity index (χ1n) is 5.75. The van der Waals surface area contributed by atoms with E-state index < -0.39 is 0 Å². The summed E-state index contributed by atoms with van der Waals surface area (Å²) in [6, 6.07) is 11.4. The number of hydrogen-bond acceptors (Lipinski definition) is 3. The average Bonchev–Trinajstić information content (AvgIpc) is 2.72. The first-order valence-corrected chi connectivity index (χ1v) is 5.75. The fourth-order valence-electron chi connectivity index (χ4n) is 2.16. The van der Waals surface area contributed by atoms with Gasteiger partial charge in [0.05, 0.1) is 11.0 Å². The first kappa shape index (κ1) is 9.53. The molecule has 0 saturated heterocycles. The second kappa shape index (κ2) is 3.26. The van der Waals surface area contributed by atoms with E-state index in [1.165, 1.54) is 0 Å². The van der Waals surface area contributed by atoms with Crippen molar-refractivity contribution in [2.75, 3.05) is 0 Å². The van der Waals surface area contributed by atoms with Gasteiger partial charge in [-0.25, -0.2) is 4.98 Å². The van der Waals surface area contributed by atoms with E-state index >= 15 is 0 Å². The zero-order valence-electron chi connectivity index (χ0n) is 9.73.